The number of fused-ring (bicyclic) bond motifs is 1. The van der Waals surface area contributed by atoms with E-state index in [9.17, 15) is 23.5 Å². The quantitative estimate of drug-likeness (QED) is 0.150. The highest BCUT2D eigenvalue weighted by atomic mass is 35.5. The second-order valence-corrected chi connectivity index (χ2v) is 13.7. The van der Waals surface area contributed by atoms with Gasteiger partial charge in [0.05, 0.1) is 17.7 Å². The molecule has 3 aromatic rings. The lowest BCUT2D eigenvalue weighted by Gasteiger charge is -2.34. The van der Waals surface area contributed by atoms with Crippen molar-refractivity contribution in [3.63, 3.8) is 0 Å². The number of anilines is 1. The maximum atomic E-state index is 15.4. The lowest BCUT2D eigenvalue weighted by atomic mass is 9.96. The molecular weight excluding hydrogens is 655 g/mol. The molecule has 5 unspecified atom stereocenters. The van der Waals surface area contributed by atoms with Gasteiger partial charge in [-0.05, 0) is 55.5 Å². The summed E-state index contributed by atoms with van der Waals surface area (Å²) in [6.07, 6.45) is -9.73. The van der Waals surface area contributed by atoms with Gasteiger partial charge in [0.25, 0.3) is 6.43 Å². The molecule has 1 saturated heterocycles. The summed E-state index contributed by atoms with van der Waals surface area (Å²) in [5, 5.41) is 14.3. The second kappa shape index (κ2) is 12.9. The first-order chi connectivity index (χ1) is 20.5. The van der Waals surface area contributed by atoms with Crippen LogP contribution < -0.4 is 21.0 Å². The number of carbonyl (C=O) groups is 1. The van der Waals surface area contributed by atoms with E-state index in [2.05, 4.69) is 10.1 Å². The number of hydrogen-bond acceptors (Lipinski definition) is 10. The van der Waals surface area contributed by atoms with E-state index in [0.29, 0.717) is 11.6 Å². The fraction of sp³-hybridized carbons (Fsp3) is 0.423. The van der Waals surface area contributed by atoms with Crippen LogP contribution in [0.5, 0.6) is 5.75 Å². The molecule has 18 heteroatoms. The molecule has 4 rings (SSSR count). The van der Waals surface area contributed by atoms with Gasteiger partial charge in [0, 0.05) is 6.20 Å². The minimum absolute atomic E-state index is 0.0975. The third-order valence-corrected chi connectivity index (χ3v) is 9.28. The molecule has 0 radical (unpaired) electrons. The van der Waals surface area contributed by atoms with Crippen molar-refractivity contribution < 1.29 is 46.0 Å². The van der Waals surface area contributed by atoms with Crippen molar-refractivity contribution in [2.24, 2.45) is 0 Å². The summed E-state index contributed by atoms with van der Waals surface area (Å²) in [4.78, 5) is 28.2. The number of nitrogen functional groups attached to an aromatic ring is 1. The summed E-state index contributed by atoms with van der Waals surface area (Å²) in [6, 6.07) is 10.7. The topological polar surface area (TPSA) is 147 Å². The van der Waals surface area contributed by atoms with Crippen molar-refractivity contribution in [3.8, 4) is 5.75 Å². The zero-order valence-corrected chi connectivity index (χ0v) is 25.8. The van der Waals surface area contributed by atoms with Crippen LogP contribution in [-0.4, -0.2) is 63.4 Å². The van der Waals surface area contributed by atoms with Crippen molar-refractivity contribution in [3.05, 3.63) is 64.2 Å². The SMILES string of the molecule is CC(C)OC(=O)C(C)NP(=S)(OCC1(C(F)F)OC(n2cc(Cl)c(N)nc2=O)C(F)(F)C1O)Oc1ccc2ccccc2c1. The molecular formula is C26H28ClF4N4O7PS. The van der Waals surface area contributed by atoms with Gasteiger partial charge < -0.3 is 29.4 Å². The van der Waals surface area contributed by atoms with Gasteiger partial charge in [-0.3, -0.25) is 9.36 Å². The van der Waals surface area contributed by atoms with E-state index in [-0.39, 0.29) is 10.3 Å². The van der Waals surface area contributed by atoms with E-state index < -0.39 is 78.2 Å². The molecule has 11 nitrogen and oxygen atoms in total. The average molecular weight is 683 g/mol. The number of halogens is 5. The van der Waals surface area contributed by atoms with Crippen LogP contribution in [0, 0.1) is 0 Å². The van der Waals surface area contributed by atoms with Crippen LogP contribution in [0.3, 0.4) is 0 Å². The van der Waals surface area contributed by atoms with Crippen molar-refractivity contribution in [1.82, 2.24) is 14.6 Å². The van der Waals surface area contributed by atoms with Gasteiger partial charge in [0.1, 0.15) is 17.6 Å². The summed E-state index contributed by atoms with van der Waals surface area (Å²) >= 11 is 11.4. The molecule has 0 bridgehead atoms. The van der Waals surface area contributed by atoms with Crippen LogP contribution >= 0.6 is 18.2 Å². The summed E-state index contributed by atoms with van der Waals surface area (Å²) in [6.45, 7) is -1.02. The summed E-state index contributed by atoms with van der Waals surface area (Å²) in [5.41, 5.74) is 0.579. The maximum absolute atomic E-state index is 15.4. The van der Waals surface area contributed by atoms with E-state index in [4.69, 9.17) is 47.7 Å². The fourth-order valence-corrected chi connectivity index (χ4v) is 6.85. The average Bonchev–Trinajstić information content (AvgIpc) is 3.15. The lowest BCUT2D eigenvalue weighted by Crippen LogP contribution is -2.54. The van der Waals surface area contributed by atoms with E-state index in [1.807, 2.05) is 12.1 Å². The number of benzene rings is 2. The van der Waals surface area contributed by atoms with Gasteiger partial charge in [-0.25, -0.2) is 18.7 Å². The van der Waals surface area contributed by atoms with E-state index >= 15 is 8.78 Å². The molecule has 1 aliphatic rings. The Hall–Kier alpha value is -2.85. The van der Waals surface area contributed by atoms with Gasteiger partial charge in [0.15, 0.2) is 11.7 Å². The third-order valence-electron chi connectivity index (χ3n) is 6.51. The van der Waals surface area contributed by atoms with Crippen molar-refractivity contribution >= 4 is 52.6 Å². The molecule has 5 atom stereocenters. The van der Waals surface area contributed by atoms with E-state index in [1.165, 1.54) is 13.0 Å². The first-order valence-corrected chi connectivity index (χ1v) is 16.0. The van der Waals surface area contributed by atoms with Crippen LogP contribution in [0.4, 0.5) is 23.4 Å². The fourth-order valence-electron chi connectivity index (χ4n) is 4.29. The molecule has 0 saturated carbocycles. The zero-order valence-electron chi connectivity index (χ0n) is 23.3. The van der Waals surface area contributed by atoms with Crippen LogP contribution in [0.2, 0.25) is 5.02 Å². The first kappa shape index (κ1) is 34.0. The number of carbonyl (C=O) groups excluding carboxylic acids is 1. The minimum Gasteiger partial charge on any atom is -0.462 e. The van der Waals surface area contributed by atoms with Crippen molar-refractivity contribution in [2.75, 3.05) is 12.3 Å². The number of aromatic nitrogens is 2. The standard InChI is InChI=1S/C26H28ClF4N4O7PS/c1-13(2)40-20(36)14(3)34-43(44,42-17-9-8-15-6-4-5-7-16(15)10-17)39-12-25(22(28)29)21(37)26(30,31)23(41-25)35-11-18(27)19(32)33-24(35)38/h4-11,13-14,21-23,37H,12H2,1-3H3,(H,34,44)(H2,32,33,38). The van der Waals surface area contributed by atoms with Crippen LogP contribution in [-0.2, 0) is 30.6 Å². The Morgan fingerprint density at radius 3 is 2.55 bits per heavy atom. The zero-order chi connectivity index (χ0) is 32.6. The molecule has 1 aliphatic heterocycles. The molecule has 1 aromatic heterocycles. The lowest BCUT2D eigenvalue weighted by molar-refractivity contribution is -0.192. The Morgan fingerprint density at radius 1 is 1.25 bits per heavy atom. The predicted molar refractivity (Wildman–Crippen MR) is 156 cm³/mol. The van der Waals surface area contributed by atoms with Crippen LogP contribution in [0.1, 0.15) is 27.0 Å². The number of nitrogens with two attached hydrogens (primary N) is 1. The summed E-state index contributed by atoms with van der Waals surface area (Å²) < 4.78 is 81.8. The Bertz CT molecular complexity index is 1650. The molecule has 2 aromatic carbocycles. The number of alkyl halides is 4. The molecule has 0 spiro atoms. The molecule has 4 N–H and O–H groups in total. The molecule has 44 heavy (non-hydrogen) atoms. The Labute approximate surface area is 258 Å². The van der Waals surface area contributed by atoms with E-state index in [0.717, 1.165) is 5.39 Å². The van der Waals surface area contributed by atoms with E-state index in [1.54, 1.807) is 38.1 Å². The molecule has 0 aliphatic carbocycles. The maximum Gasteiger partial charge on any atom is 0.351 e. The number of aliphatic hydroxyl groups excluding tert-OH is 1. The van der Waals surface area contributed by atoms with Crippen molar-refractivity contribution in [2.45, 2.75) is 63.2 Å². The number of rotatable bonds is 11. The van der Waals surface area contributed by atoms with Gasteiger partial charge in [-0.2, -0.15) is 13.8 Å². The largest absolute Gasteiger partial charge is 0.462 e. The second-order valence-electron chi connectivity index (χ2n) is 10.2. The number of hydrogen-bond donors (Lipinski definition) is 3. The Kier molecular flexibility index (Phi) is 9.95. The molecule has 1 fully saturated rings. The summed E-state index contributed by atoms with van der Waals surface area (Å²) in [7, 11) is 0. The van der Waals surface area contributed by atoms with Gasteiger partial charge in [-0.15, -0.1) is 0 Å². The highest BCUT2D eigenvalue weighted by Gasteiger charge is 2.71. The number of nitrogens with zero attached hydrogens (tertiary/aromatic N) is 2. The Balaban J connectivity index is 1.69. The smallest absolute Gasteiger partial charge is 0.351 e. The normalized spacial score (nSPS) is 23.5. The summed E-state index contributed by atoms with van der Waals surface area (Å²) in [5.74, 6) is -5.69. The number of esters is 1. The number of ether oxygens (including phenoxy) is 2. The third kappa shape index (κ3) is 6.86. The van der Waals surface area contributed by atoms with Crippen LogP contribution in [0.15, 0.2) is 53.5 Å². The Morgan fingerprint density at radius 2 is 1.91 bits per heavy atom. The highest BCUT2D eigenvalue weighted by Crippen LogP contribution is 2.53. The molecule has 2 heterocycles. The van der Waals surface area contributed by atoms with Gasteiger partial charge >= 0.3 is 24.2 Å². The van der Waals surface area contributed by atoms with Gasteiger partial charge in [-0.1, -0.05) is 41.9 Å². The number of nitrogens with one attached hydrogen (secondary N) is 1. The minimum atomic E-state index is -4.49. The first-order valence-electron chi connectivity index (χ1n) is 13.0. The van der Waals surface area contributed by atoms with Crippen molar-refractivity contribution in [1.29, 1.82) is 0 Å². The predicted octanol–water partition coefficient (Wildman–Crippen LogP) is 4.41. The monoisotopic (exact) mass is 682 g/mol. The van der Waals surface area contributed by atoms with Gasteiger partial charge in [0.2, 0.25) is 6.23 Å². The van der Waals surface area contributed by atoms with Crippen LogP contribution in [0.25, 0.3) is 10.8 Å². The molecule has 0 amide bonds. The highest BCUT2D eigenvalue weighted by molar-refractivity contribution is 8.09. The molecule has 240 valence electrons. The number of aliphatic hydroxyl groups is 1.